The standard InChI is InChI=1S/C19H25F4N5O2/c1-25-17-15(18(21,22)23)11-26-19(24,27-17)14-3-2-13(10-16(14)30-7-4-20)12-28-5-8-29-9-6-28/h2-3,10-11,25,27H,4-9,12,24H2,1H3. The molecule has 166 valence electrons. The van der Waals surface area contributed by atoms with Gasteiger partial charge in [0.1, 0.15) is 30.4 Å². The fourth-order valence-electron chi connectivity index (χ4n) is 3.34. The van der Waals surface area contributed by atoms with Crippen molar-refractivity contribution in [3.63, 3.8) is 0 Å². The van der Waals surface area contributed by atoms with Gasteiger partial charge in [0, 0.05) is 32.9 Å². The number of nitrogens with zero attached hydrogens (tertiary/aromatic N) is 2. The maximum Gasteiger partial charge on any atom is 0.421 e. The van der Waals surface area contributed by atoms with E-state index in [1.165, 1.54) is 7.05 Å². The van der Waals surface area contributed by atoms with Gasteiger partial charge in [-0.1, -0.05) is 6.07 Å². The van der Waals surface area contributed by atoms with Crippen LogP contribution in [0.1, 0.15) is 11.1 Å². The summed E-state index contributed by atoms with van der Waals surface area (Å²) < 4.78 is 63.2. The normalized spacial score (nSPS) is 22.7. The highest BCUT2D eigenvalue weighted by Gasteiger charge is 2.42. The van der Waals surface area contributed by atoms with Crippen molar-refractivity contribution in [2.45, 2.75) is 18.5 Å². The second-order valence-corrected chi connectivity index (χ2v) is 6.94. The van der Waals surface area contributed by atoms with Crippen LogP contribution in [-0.2, 0) is 17.1 Å². The van der Waals surface area contributed by atoms with Gasteiger partial charge >= 0.3 is 6.18 Å². The quantitative estimate of drug-likeness (QED) is 0.569. The zero-order valence-electron chi connectivity index (χ0n) is 16.6. The molecule has 0 amide bonds. The summed E-state index contributed by atoms with van der Waals surface area (Å²) in [7, 11) is 1.35. The molecule has 1 atom stereocenters. The summed E-state index contributed by atoms with van der Waals surface area (Å²) in [6.45, 7) is 2.56. The van der Waals surface area contributed by atoms with Gasteiger partial charge in [-0.2, -0.15) is 13.2 Å². The van der Waals surface area contributed by atoms with E-state index in [-0.39, 0.29) is 18.2 Å². The van der Waals surface area contributed by atoms with Crippen LogP contribution in [-0.4, -0.2) is 63.9 Å². The molecule has 0 aromatic heterocycles. The lowest BCUT2D eigenvalue weighted by molar-refractivity contribution is -0.0875. The molecule has 3 rings (SSSR count). The number of allylic oxidation sites excluding steroid dienone is 1. The van der Waals surface area contributed by atoms with Crippen molar-refractivity contribution in [3.8, 4) is 5.75 Å². The Morgan fingerprint density at radius 3 is 2.70 bits per heavy atom. The lowest BCUT2D eigenvalue weighted by Crippen LogP contribution is -2.54. The molecule has 7 nitrogen and oxygen atoms in total. The fraction of sp³-hybridized carbons (Fsp3) is 0.526. The summed E-state index contributed by atoms with van der Waals surface area (Å²) in [5.41, 5.74) is 6.54. The van der Waals surface area contributed by atoms with Gasteiger partial charge in [0.25, 0.3) is 0 Å². The minimum absolute atomic E-state index is 0.212. The molecule has 0 saturated carbocycles. The Morgan fingerprint density at radius 2 is 2.07 bits per heavy atom. The molecule has 1 aromatic rings. The van der Waals surface area contributed by atoms with Crippen molar-refractivity contribution in [3.05, 3.63) is 40.7 Å². The van der Waals surface area contributed by atoms with Gasteiger partial charge in [-0.3, -0.25) is 10.6 Å². The van der Waals surface area contributed by atoms with Crippen LogP contribution in [0.25, 0.3) is 0 Å². The molecule has 30 heavy (non-hydrogen) atoms. The molecule has 1 saturated heterocycles. The Balaban J connectivity index is 1.90. The number of benzene rings is 1. The molecule has 0 bridgehead atoms. The second-order valence-electron chi connectivity index (χ2n) is 6.94. The minimum Gasteiger partial charge on any atom is -0.490 e. The van der Waals surface area contributed by atoms with Gasteiger partial charge in [0.2, 0.25) is 5.79 Å². The summed E-state index contributed by atoms with van der Waals surface area (Å²) in [6.07, 6.45) is -3.92. The van der Waals surface area contributed by atoms with Crippen LogP contribution in [0, 0.1) is 0 Å². The third kappa shape index (κ3) is 5.02. The van der Waals surface area contributed by atoms with E-state index in [1.54, 1.807) is 18.2 Å². The number of nitrogens with one attached hydrogen (secondary N) is 2. The average Bonchev–Trinajstić information content (AvgIpc) is 2.72. The first-order valence-corrected chi connectivity index (χ1v) is 9.50. The third-order valence-electron chi connectivity index (χ3n) is 4.84. The number of alkyl halides is 4. The van der Waals surface area contributed by atoms with E-state index in [0.29, 0.717) is 31.5 Å². The number of halogens is 4. The van der Waals surface area contributed by atoms with Gasteiger partial charge in [-0.15, -0.1) is 0 Å². The first kappa shape index (κ1) is 22.3. The number of morpholine rings is 1. The number of nitrogens with two attached hydrogens (primary N) is 1. The largest absolute Gasteiger partial charge is 0.490 e. The number of hydrogen-bond donors (Lipinski definition) is 3. The van der Waals surface area contributed by atoms with Crippen LogP contribution in [0.3, 0.4) is 0 Å². The van der Waals surface area contributed by atoms with E-state index in [9.17, 15) is 17.6 Å². The molecule has 1 unspecified atom stereocenters. The number of ether oxygens (including phenoxy) is 2. The summed E-state index contributed by atoms with van der Waals surface area (Å²) in [4.78, 5) is 6.11. The minimum atomic E-state index is -4.61. The van der Waals surface area contributed by atoms with Crippen LogP contribution in [0.5, 0.6) is 5.75 Å². The maximum absolute atomic E-state index is 13.2. The van der Waals surface area contributed by atoms with Gasteiger partial charge in [-0.05, 0) is 17.7 Å². The Bertz CT molecular complexity index is 809. The van der Waals surface area contributed by atoms with Gasteiger partial charge in [-0.25, -0.2) is 9.38 Å². The van der Waals surface area contributed by atoms with E-state index in [2.05, 4.69) is 20.5 Å². The Morgan fingerprint density at radius 1 is 1.33 bits per heavy atom. The van der Waals surface area contributed by atoms with E-state index in [0.717, 1.165) is 18.7 Å². The van der Waals surface area contributed by atoms with E-state index >= 15 is 0 Å². The zero-order chi connectivity index (χ0) is 21.8. The number of aliphatic imine (C=N–C) groups is 1. The summed E-state index contributed by atoms with van der Waals surface area (Å²) in [5, 5.41) is 5.07. The molecule has 0 aliphatic carbocycles. The highest BCUT2D eigenvalue weighted by molar-refractivity contribution is 5.82. The molecule has 0 radical (unpaired) electrons. The van der Waals surface area contributed by atoms with Crippen molar-refractivity contribution in [1.29, 1.82) is 0 Å². The third-order valence-corrected chi connectivity index (χ3v) is 4.84. The van der Waals surface area contributed by atoms with Gasteiger partial charge in [0.05, 0.1) is 18.8 Å². The number of hydrogen-bond acceptors (Lipinski definition) is 7. The molecule has 1 aromatic carbocycles. The fourth-order valence-corrected chi connectivity index (χ4v) is 3.34. The van der Waals surface area contributed by atoms with E-state index < -0.39 is 24.2 Å². The predicted molar refractivity (Wildman–Crippen MR) is 104 cm³/mol. The summed E-state index contributed by atoms with van der Waals surface area (Å²) >= 11 is 0. The number of rotatable bonds is 7. The smallest absolute Gasteiger partial charge is 0.421 e. The Hall–Kier alpha value is -2.37. The van der Waals surface area contributed by atoms with E-state index in [1.807, 2.05) is 0 Å². The van der Waals surface area contributed by atoms with Crippen LogP contribution in [0.4, 0.5) is 17.6 Å². The van der Waals surface area contributed by atoms with Crippen LogP contribution in [0.2, 0.25) is 0 Å². The first-order valence-electron chi connectivity index (χ1n) is 9.50. The molecule has 2 aliphatic heterocycles. The van der Waals surface area contributed by atoms with Crippen molar-refractivity contribution in [2.75, 3.05) is 46.6 Å². The Kier molecular flexibility index (Phi) is 6.84. The molecule has 11 heteroatoms. The molecule has 4 N–H and O–H groups in total. The molecular weight excluding hydrogens is 406 g/mol. The molecule has 0 spiro atoms. The summed E-state index contributed by atoms with van der Waals surface area (Å²) in [6, 6.07) is 5.16. The van der Waals surface area contributed by atoms with Crippen molar-refractivity contribution < 1.29 is 27.0 Å². The zero-order valence-corrected chi connectivity index (χ0v) is 16.6. The van der Waals surface area contributed by atoms with Crippen LogP contribution in [0.15, 0.2) is 34.6 Å². The molecule has 2 heterocycles. The van der Waals surface area contributed by atoms with Crippen LogP contribution >= 0.6 is 0 Å². The summed E-state index contributed by atoms with van der Waals surface area (Å²) in [5.74, 6) is -1.76. The average molecular weight is 431 g/mol. The van der Waals surface area contributed by atoms with Crippen molar-refractivity contribution in [1.82, 2.24) is 15.5 Å². The highest BCUT2D eigenvalue weighted by Crippen LogP contribution is 2.35. The lowest BCUT2D eigenvalue weighted by atomic mass is 10.0. The predicted octanol–water partition coefficient (Wildman–Crippen LogP) is 1.60. The maximum atomic E-state index is 13.2. The topological polar surface area (TPSA) is 84.1 Å². The van der Waals surface area contributed by atoms with Crippen molar-refractivity contribution in [2.24, 2.45) is 10.7 Å². The first-order chi connectivity index (χ1) is 14.3. The van der Waals surface area contributed by atoms with Crippen molar-refractivity contribution >= 4 is 6.21 Å². The SMILES string of the molecule is CNC1=C(C(F)(F)F)C=NC(N)(c2ccc(CN3CCOCC3)cc2OCCF)N1. The Labute approximate surface area is 171 Å². The highest BCUT2D eigenvalue weighted by atomic mass is 19.4. The monoisotopic (exact) mass is 431 g/mol. The van der Waals surface area contributed by atoms with Gasteiger partial charge < -0.3 is 20.1 Å². The molecule has 1 fully saturated rings. The second kappa shape index (κ2) is 9.19. The lowest BCUT2D eigenvalue weighted by Gasteiger charge is -2.34. The molecular formula is C19H25F4N5O2. The van der Waals surface area contributed by atoms with Crippen LogP contribution < -0.4 is 21.1 Å². The molecule has 2 aliphatic rings. The van der Waals surface area contributed by atoms with E-state index in [4.69, 9.17) is 15.2 Å². The van der Waals surface area contributed by atoms with Gasteiger partial charge in [0.15, 0.2) is 0 Å².